The summed E-state index contributed by atoms with van der Waals surface area (Å²) in [7, 11) is 0. The molecule has 23 heavy (non-hydrogen) atoms. The SMILES string of the molecule is c1ccc(Cc2[o+]c3ccccc3cc2-c2ccccc2)cc1. The highest BCUT2D eigenvalue weighted by atomic mass is 16.3. The van der Waals surface area contributed by atoms with E-state index in [0.29, 0.717) is 0 Å². The third-order valence-electron chi connectivity index (χ3n) is 4.04. The van der Waals surface area contributed by atoms with Crippen LogP contribution < -0.4 is 0 Å². The molecule has 110 valence electrons. The maximum absolute atomic E-state index is 6.25. The summed E-state index contributed by atoms with van der Waals surface area (Å²) < 4.78 is 6.25. The molecule has 0 aliphatic carbocycles. The van der Waals surface area contributed by atoms with E-state index in [9.17, 15) is 0 Å². The van der Waals surface area contributed by atoms with E-state index >= 15 is 0 Å². The molecule has 0 fully saturated rings. The minimum atomic E-state index is 0.788. The normalized spacial score (nSPS) is 10.8. The lowest BCUT2D eigenvalue weighted by Gasteiger charge is -2.03. The molecule has 1 heterocycles. The summed E-state index contributed by atoms with van der Waals surface area (Å²) in [5.41, 5.74) is 4.53. The molecule has 0 spiro atoms. The molecule has 0 saturated heterocycles. The largest absolute Gasteiger partial charge is 0.360 e. The van der Waals surface area contributed by atoms with E-state index in [2.05, 4.69) is 60.7 Å². The van der Waals surface area contributed by atoms with Crippen LogP contribution in [0.2, 0.25) is 0 Å². The maximum Gasteiger partial charge on any atom is 0.360 e. The summed E-state index contributed by atoms with van der Waals surface area (Å²) in [6.07, 6.45) is 0.788. The van der Waals surface area contributed by atoms with Crippen molar-refractivity contribution >= 4 is 11.0 Å². The molecule has 1 heteroatoms. The van der Waals surface area contributed by atoms with Crippen LogP contribution in [0.25, 0.3) is 22.1 Å². The van der Waals surface area contributed by atoms with Gasteiger partial charge >= 0.3 is 11.3 Å². The van der Waals surface area contributed by atoms with Crippen molar-refractivity contribution in [3.63, 3.8) is 0 Å². The highest BCUT2D eigenvalue weighted by Crippen LogP contribution is 2.30. The van der Waals surface area contributed by atoms with Gasteiger partial charge in [0.2, 0.25) is 0 Å². The molecule has 0 saturated carbocycles. The molecule has 0 aliphatic rings. The standard InChI is InChI=1S/C22H17O/c1-3-9-17(10-4-1)15-22-20(18-11-5-2-6-12-18)16-19-13-7-8-14-21(19)23-22/h1-14,16H,15H2/q+1. The first-order valence-corrected chi connectivity index (χ1v) is 7.84. The number of para-hydroxylation sites is 1. The Balaban J connectivity index is 1.89. The van der Waals surface area contributed by atoms with E-state index in [1.807, 2.05) is 30.3 Å². The van der Waals surface area contributed by atoms with Gasteiger partial charge in [-0.3, -0.25) is 0 Å². The van der Waals surface area contributed by atoms with Crippen molar-refractivity contribution in [3.05, 3.63) is 102 Å². The second-order valence-electron chi connectivity index (χ2n) is 5.65. The van der Waals surface area contributed by atoms with Crippen LogP contribution in [0.1, 0.15) is 11.3 Å². The van der Waals surface area contributed by atoms with Crippen LogP contribution in [0, 0.1) is 0 Å². The van der Waals surface area contributed by atoms with Crippen molar-refractivity contribution in [2.75, 3.05) is 0 Å². The van der Waals surface area contributed by atoms with Gasteiger partial charge in [0.05, 0.1) is 17.4 Å². The average Bonchev–Trinajstić information content (AvgIpc) is 2.63. The van der Waals surface area contributed by atoms with E-state index in [4.69, 9.17) is 4.42 Å². The Hall–Kier alpha value is -2.93. The third-order valence-corrected chi connectivity index (χ3v) is 4.04. The topological polar surface area (TPSA) is 11.3 Å². The lowest BCUT2D eigenvalue weighted by atomic mass is 9.99. The summed E-state index contributed by atoms with van der Waals surface area (Å²) in [6.45, 7) is 0. The number of hydrogen-bond acceptors (Lipinski definition) is 0. The predicted molar refractivity (Wildman–Crippen MR) is 95.3 cm³/mol. The Bertz CT molecular complexity index is 928. The Kier molecular flexibility index (Phi) is 3.61. The smallest absolute Gasteiger partial charge is 0.211 e. The first kappa shape index (κ1) is 13.7. The second-order valence-corrected chi connectivity index (χ2v) is 5.65. The summed E-state index contributed by atoms with van der Waals surface area (Å²) in [5, 5.41) is 1.13. The van der Waals surface area contributed by atoms with Gasteiger partial charge < -0.3 is 0 Å². The highest BCUT2D eigenvalue weighted by Gasteiger charge is 2.20. The molecule has 0 atom stereocenters. The van der Waals surface area contributed by atoms with Gasteiger partial charge in [-0.15, -0.1) is 0 Å². The molecule has 0 aliphatic heterocycles. The van der Waals surface area contributed by atoms with E-state index < -0.39 is 0 Å². The van der Waals surface area contributed by atoms with Crippen LogP contribution in [-0.4, -0.2) is 0 Å². The molecule has 1 aromatic heterocycles. The third kappa shape index (κ3) is 2.86. The Morgan fingerprint density at radius 2 is 1.30 bits per heavy atom. The molecule has 0 amide bonds. The number of fused-ring (bicyclic) bond motifs is 1. The monoisotopic (exact) mass is 297 g/mol. The number of benzene rings is 3. The van der Waals surface area contributed by atoms with Crippen LogP contribution in [-0.2, 0) is 6.42 Å². The quantitative estimate of drug-likeness (QED) is 0.424. The van der Waals surface area contributed by atoms with Crippen molar-refractivity contribution < 1.29 is 4.42 Å². The molecule has 0 N–H and O–H groups in total. The fourth-order valence-corrected chi connectivity index (χ4v) is 2.89. The van der Waals surface area contributed by atoms with Crippen LogP contribution >= 0.6 is 0 Å². The summed E-state index contributed by atoms with van der Waals surface area (Å²) in [4.78, 5) is 0. The lowest BCUT2D eigenvalue weighted by molar-refractivity contribution is 0.553. The molecule has 4 rings (SSSR count). The average molecular weight is 297 g/mol. The fraction of sp³-hybridized carbons (Fsp3) is 0.0455. The lowest BCUT2D eigenvalue weighted by Crippen LogP contribution is -1.93. The zero-order chi connectivity index (χ0) is 15.5. The minimum absolute atomic E-state index is 0.788. The van der Waals surface area contributed by atoms with Crippen molar-refractivity contribution in [2.45, 2.75) is 6.42 Å². The van der Waals surface area contributed by atoms with Gasteiger partial charge in [0.25, 0.3) is 0 Å². The van der Waals surface area contributed by atoms with E-state index in [0.717, 1.165) is 28.7 Å². The Labute approximate surface area is 135 Å². The molecule has 0 unspecified atom stereocenters. The van der Waals surface area contributed by atoms with E-state index in [1.165, 1.54) is 11.1 Å². The van der Waals surface area contributed by atoms with Crippen LogP contribution in [0.3, 0.4) is 0 Å². The van der Waals surface area contributed by atoms with Gasteiger partial charge in [0, 0.05) is 6.07 Å². The summed E-state index contributed by atoms with van der Waals surface area (Å²) >= 11 is 0. The van der Waals surface area contributed by atoms with Gasteiger partial charge in [-0.25, -0.2) is 4.42 Å². The van der Waals surface area contributed by atoms with Crippen molar-refractivity contribution in [1.82, 2.24) is 0 Å². The van der Waals surface area contributed by atoms with Gasteiger partial charge in [0.15, 0.2) is 0 Å². The van der Waals surface area contributed by atoms with Gasteiger partial charge in [0.1, 0.15) is 0 Å². The molecule has 1 nitrogen and oxygen atoms in total. The van der Waals surface area contributed by atoms with Crippen molar-refractivity contribution in [3.8, 4) is 11.1 Å². The highest BCUT2D eigenvalue weighted by molar-refractivity contribution is 5.83. The van der Waals surface area contributed by atoms with Crippen LogP contribution in [0.4, 0.5) is 0 Å². The van der Waals surface area contributed by atoms with Crippen LogP contribution in [0.15, 0.2) is 95.4 Å². The molecule has 0 bridgehead atoms. The minimum Gasteiger partial charge on any atom is -0.211 e. The molecule has 0 radical (unpaired) electrons. The maximum atomic E-state index is 6.25. The molecule has 4 aromatic rings. The molecular formula is C22H17O+. The zero-order valence-corrected chi connectivity index (χ0v) is 12.8. The summed E-state index contributed by atoms with van der Waals surface area (Å²) in [5.74, 6) is 1.00. The summed E-state index contributed by atoms with van der Waals surface area (Å²) in [6, 6.07) is 31.3. The first-order chi connectivity index (χ1) is 11.4. The van der Waals surface area contributed by atoms with Gasteiger partial charge in [-0.2, -0.15) is 0 Å². The molecular weight excluding hydrogens is 280 g/mol. The van der Waals surface area contributed by atoms with E-state index in [-0.39, 0.29) is 0 Å². The van der Waals surface area contributed by atoms with Crippen molar-refractivity contribution in [2.24, 2.45) is 0 Å². The van der Waals surface area contributed by atoms with Gasteiger partial charge in [-0.05, 0) is 23.3 Å². The second kappa shape index (κ2) is 6.05. The van der Waals surface area contributed by atoms with Crippen molar-refractivity contribution in [1.29, 1.82) is 0 Å². The Morgan fingerprint density at radius 1 is 0.652 bits per heavy atom. The first-order valence-electron chi connectivity index (χ1n) is 7.84. The fourth-order valence-electron chi connectivity index (χ4n) is 2.89. The predicted octanol–water partition coefficient (Wildman–Crippen LogP) is 5.97. The zero-order valence-electron chi connectivity index (χ0n) is 12.8. The van der Waals surface area contributed by atoms with E-state index in [1.54, 1.807) is 0 Å². The molecule has 3 aromatic carbocycles. The van der Waals surface area contributed by atoms with Crippen LogP contribution in [0.5, 0.6) is 0 Å². The van der Waals surface area contributed by atoms with Gasteiger partial charge in [-0.1, -0.05) is 72.8 Å². The Morgan fingerprint density at radius 3 is 2.09 bits per heavy atom. The number of hydrogen-bond donors (Lipinski definition) is 0. The number of rotatable bonds is 3.